The summed E-state index contributed by atoms with van der Waals surface area (Å²) >= 11 is 0. The fraction of sp³-hybridized carbons (Fsp3) is 0.375. The lowest BCUT2D eigenvalue weighted by atomic mass is 10.2. The van der Waals surface area contributed by atoms with Crippen molar-refractivity contribution in [1.29, 1.82) is 0 Å². The van der Waals surface area contributed by atoms with Crippen molar-refractivity contribution in [2.24, 2.45) is 4.99 Å². The Hall–Kier alpha value is -2.54. The maximum Gasteiger partial charge on any atom is 0.162 e. The van der Waals surface area contributed by atoms with Crippen molar-refractivity contribution in [2.75, 3.05) is 26.3 Å². The van der Waals surface area contributed by atoms with Crippen LogP contribution in [0.3, 0.4) is 0 Å². The SMILES string of the molecule is CC1=CN2C=C(c3cncc(O)c3)N=C(N3CCOCC3)C2N1. The Labute approximate surface area is 134 Å². The molecule has 4 heterocycles. The minimum absolute atomic E-state index is 0.0159. The highest BCUT2D eigenvalue weighted by molar-refractivity contribution is 5.94. The minimum atomic E-state index is 0.0159. The van der Waals surface area contributed by atoms with Gasteiger partial charge >= 0.3 is 0 Å². The van der Waals surface area contributed by atoms with Gasteiger partial charge in [-0.3, -0.25) is 4.98 Å². The van der Waals surface area contributed by atoms with Crippen LogP contribution in [-0.4, -0.2) is 58.2 Å². The Bertz CT molecular complexity index is 706. The van der Waals surface area contributed by atoms with E-state index in [1.54, 1.807) is 12.3 Å². The molecule has 1 atom stereocenters. The van der Waals surface area contributed by atoms with E-state index >= 15 is 0 Å². The first-order valence-corrected chi connectivity index (χ1v) is 7.70. The second-order valence-corrected chi connectivity index (χ2v) is 5.82. The molecule has 2 N–H and O–H groups in total. The fourth-order valence-electron chi connectivity index (χ4n) is 3.03. The highest BCUT2D eigenvalue weighted by Gasteiger charge is 2.33. The number of aromatic nitrogens is 1. The highest BCUT2D eigenvalue weighted by Crippen LogP contribution is 2.28. The predicted octanol–water partition coefficient (Wildman–Crippen LogP) is 0.923. The number of aliphatic imine (C=N–C) groups is 1. The Morgan fingerprint density at radius 3 is 2.87 bits per heavy atom. The molecule has 3 aliphatic heterocycles. The number of rotatable bonds is 1. The molecule has 1 aromatic heterocycles. The van der Waals surface area contributed by atoms with E-state index in [9.17, 15) is 5.11 Å². The van der Waals surface area contributed by atoms with Crippen LogP contribution < -0.4 is 5.32 Å². The van der Waals surface area contributed by atoms with Crippen LogP contribution in [0.5, 0.6) is 5.75 Å². The Morgan fingerprint density at radius 2 is 2.09 bits per heavy atom. The lowest BCUT2D eigenvalue weighted by molar-refractivity contribution is 0.0653. The van der Waals surface area contributed by atoms with Gasteiger partial charge in [-0.15, -0.1) is 0 Å². The molecule has 1 aromatic rings. The first-order chi connectivity index (χ1) is 11.2. The average molecular weight is 313 g/mol. The van der Waals surface area contributed by atoms with Crippen molar-refractivity contribution in [3.8, 4) is 5.75 Å². The maximum atomic E-state index is 9.68. The highest BCUT2D eigenvalue weighted by atomic mass is 16.5. The van der Waals surface area contributed by atoms with E-state index in [0.717, 1.165) is 35.9 Å². The van der Waals surface area contributed by atoms with Crippen LogP contribution in [-0.2, 0) is 4.74 Å². The van der Waals surface area contributed by atoms with Gasteiger partial charge < -0.3 is 25.0 Å². The maximum absolute atomic E-state index is 9.68. The van der Waals surface area contributed by atoms with Crippen LogP contribution in [0.15, 0.2) is 41.5 Å². The van der Waals surface area contributed by atoms with E-state index < -0.39 is 0 Å². The zero-order chi connectivity index (χ0) is 15.8. The molecule has 0 amide bonds. The summed E-state index contributed by atoms with van der Waals surface area (Å²) < 4.78 is 5.45. The molecule has 0 aliphatic carbocycles. The molecule has 0 spiro atoms. The topological polar surface area (TPSA) is 73.2 Å². The monoisotopic (exact) mass is 313 g/mol. The van der Waals surface area contributed by atoms with E-state index in [-0.39, 0.29) is 11.9 Å². The molecule has 0 radical (unpaired) electrons. The first kappa shape index (κ1) is 14.1. The third-order valence-electron chi connectivity index (χ3n) is 4.11. The van der Waals surface area contributed by atoms with Gasteiger partial charge in [-0.05, 0) is 13.0 Å². The number of nitrogens with one attached hydrogen (secondary N) is 1. The summed E-state index contributed by atoms with van der Waals surface area (Å²) in [7, 11) is 0. The van der Waals surface area contributed by atoms with Crippen LogP contribution in [0, 0.1) is 0 Å². The summed E-state index contributed by atoms with van der Waals surface area (Å²) in [5.74, 6) is 1.11. The molecule has 7 nitrogen and oxygen atoms in total. The van der Waals surface area contributed by atoms with E-state index in [2.05, 4.69) is 26.3 Å². The van der Waals surface area contributed by atoms with Crippen molar-refractivity contribution in [3.63, 3.8) is 0 Å². The van der Waals surface area contributed by atoms with Crippen LogP contribution in [0.1, 0.15) is 12.5 Å². The number of morpholine rings is 1. The number of ether oxygens (including phenoxy) is 1. The summed E-state index contributed by atoms with van der Waals surface area (Å²) in [6, 6.07) is 1.68. The van der Waals surface area contributed by atoms with Crippen LogP contribution in [0.25, 0.3) is 5.70 Å². The molecule has 1 saturated heterocycles. The summed E-state index contributed by atoms with van der Waals surface area (Å²) in [4.78, 5) is 13.3. The normalized spacial score (nSPS) is 23.7. The van der Waals surface area contributed by atoms with Crippen molar-refractivity contribution >= 4 is 11.5 Å². The van der Waals surface area contributed by atoms with E-state index in [1.807, 2.05) is 13.1 Å². The van der Waals surface area contributed by atoms with Gasteiger partial charge in [-0.2, -0.15) is 0 Å². The van der Waals surface area contributed by atoms with Crippen LogP contribution in [0.4, 0.5) is 0 Å². The van der Waals surface area contributed by atoms with Crippen LogP contribution in [0.2, 0.25) is 0 Å². The molecule has 1 unspecified atom stereocenters. The Morgan fingerprint density at radius 1 is 1.26 bits per heavy atom. The number of amidine groups is 1. The Balaban J connectivity index is 1.73. The van der Waals surface area contributed by atoms with Crippen molar-refractivity contribution < 1.29 is 9.84 Å². The molecule has 3 aliphatic rings. The molecule has 0 bridgehead atoms. The fourth-order valence-corrected chi connectivity index (χ4v) is 3.03. The zero-order valence-electron chi connectivity index (χ0n) is 12.9. The summed E-state index contributed by atoms with van der Waals surface area (Å²) in [5, 5.41) is 13.1. The van der Waals surface area contributed by atoms with Gasteiger partial charge in [-0.1, -0.05) is 0 Å². The molecular formula is C16H19N5O2. The molecule has 7 heteroatoms. The molecule has 4 rings (SSSR count). The number of pyridine rings is 1. The van der Waals surface area contributed by atoms with Crippen molar-refractivity contribution in [2.45, 2.75) is 13.1 Å². The lowest BCUT2D eigenvalue weighted by Gasteiger charge is -2.37. The zero-order valence-corrected chi connectivity index (χ0v) is 12.9. The van der Waals surface area contributed by atoms with E-state index in [1.165, 1.54) is 6.20 Å². The Kier molecular flexibility index (Phi) is 3.42. The van der Waals surface area contributed by atoms with Gasteiger partial charge in [0.15, 0.2) is 6.17 Å². The molecular weight excluding hydrogens is 294 g/mol. The van der Waals surface area contributed by atoms with Crippen molar-refractivity contribution in [1.82, 2.24) is 20.1 Å². The minimum Gasteiger partial charge on any atom is -0.506 e. The third kappa shape index (κ3) is 2.63. The molecule has 120 valence electrons. The molecule has 0 saturated carbocycles. The number of hydrogen-bond donors (Lipinski definition) is 2. The van der Waals surface area contributed by atoms with Crippen LogP contribution >= 0.6 is 0 Å². The van der Waals surface area contributed by atoms with Gasteiger partial charge in [0.2, 0.25) is 0 Å². The molecule has 0 aromatic carbocycles. The van der Waals surface area contributed by atoms with Gasteiger partial charge in [0.05, 0.1) is 25.1 Å². The van der Waals surface area contributed by atoms with Crippen molar-refractivity contribution in [3.05, 3.63) is 42.1 Å². The number of nitrogens with zero attached hydrogens (tertiary/aromatic N) is 4. The third-order valence-corrected chi connectivity index (χ3v) is 4.11. The first-order valence-electron chi connectivity index (χ1n) is 7.70. The lowest BCUT2D eigenvalue weighted by Crippen LogP contribution is -2.53. The smallest absolute Gasteiger partial charge is 0.162 e. The molecule has 23 heavy (non-hydrogen) atoms. The van der Waals surface area contributed by atoms with Gasteiger partial charge in [0, 0.05) is 42.9 Å². The summed E-state index contributed by atoms with van der Waals surface area (Å²) in [6.07, 6.45) is 7.20. The van der Waals surface area contributed by atoms with Gasteiger partial charge in [-0.25, -0.2) is 4.99 Å². The predicted molar refractivity (Wildman–Crippen MR) is 86.2 cm³/mol. The van der Waals surface area contributed by atoms with E-state index in [4.69, 9.17) is 9.73 Å². The number of hydrogen-bond acceptors (Lipinski definition) is 7. The largest absolute Gasteiger partial charge is 0.506 e. The standard InChI is InChI=1S/C16H19N5O2/c1-11-9-21-10-14(12-6-13(22)8-17-7-12)19-16(15(21)18-11)20-2-4-23-5-3-20/h6-10,15,18,22H,2-5H2,1H3. The quantitative estimate of drug-likeness (QED) is 0.803. The second kappa shape index (κ2) is 5.58. The second-order valence-electron chi connectivity index (χ2n) is 5.82. The summed E-state index contributed by atoms with van der Waals surface area (Å²) in [5.41, 5.74) is 2.69. The number of allylic oxidation sites excluding steroid dienone is 1. The van der Waals surface area contributed by atoms with Gasteiger partial charge in [0.25, 0.3) is 0 Å². The number of fused-ring (bicyclic) bond motifs is 1. The van der Waals surface area contributed by atoms with E-state index in [0.29, 0.717) is 13.2 Å². The number of aromatic hydroxyl groups is 1. The van der Waals surface area contributed by atoms with Gasteiger partial charge in [0.1, 0.15) is 11.6 Å². The molecule has 1 fully saturated rings. The summed E-state index contributed by atoms with van der Waals surface area (Å²) in [6.45, 7) is 5.12. The average Bonchev–Trinajstić information content (AvgIpc) is 2.95.